The van der Waals surface area contributed by atoms with Crippen LogP contribution in [0.5, 0.6) is 0 Å². The molecular formula is C9H6F3N3O5. The van der Waals surface area contributed by atoms with Crippen molar-refractivity contribution in [2.24, 2.45) is 0 Å². The van der Waals surface area contributed by atoms with Gasteiger partial charge in [0.05, 0.1) is 15.5 Å². The molecule has 0 bridgehead atoms. The standard InChI is InChI=1S/C9H6F3N3O5/c1-4-6(14(17)18)2-5(3-7(4)15(19)20)13-8(16)9(10,11)12/h2-3H,1H3,(H,13,16). The molecule has 0 heterocycles. The Morgan fingerprint density at radius 1 is 1.15 bits per heavy atom. The number of nitro benzene ring substituents is 2. The maximum atomic E-state index is 12.1. The number of nitrogens with zero attached hydrogens (tertiary/aromatic N) is 2. The van der Waals surface area contributed by atoms with Crippen LogP contribution in [-0.4, -0.2) is 21.9 Å². The predicted octanol–water partition coefficient (Wildman–Crippen LogP) is 2.31. The molecule has 0 spiro atoms. The summed E-state index contributed by atoms with van der Waals surface area (Å²) in [6.45, 7) is 1.08. The van der Waals surface area contributed by atoms with Crippen LogP contribution in [0.4, 0.5) is 30.2 Å². The summed E-state index contributed by atoms with van der Waals surface area (Å²) in [5.74, 6) is -2.38. The Morgan fingerprint density at radius 2 is 1.55 bits per heavy atom. The monoisotopic (exact) mass is 293 g/mol. The van der Waals surface area contributed by atoms with Crippen LogP contribution >= 0.6 is 0 Å². The summed E-state index contributed by atoms with van der Waals surface area (Å²) in [5, 5.41) is 22.7. The lowest BCUT2D eigenvalue weighted by Gasteiger charge is -2.08. The Bertz CT molecular complexity index is 564. The minimum absolute atomic E-state index is 0.329. The van der Waals surface area contributed by atoms with Crippen LogP contribution in [0.25, 0.3) is 0 Å². The van der Waals surface area contributed by atoms with E-state index in [1.807, 2.05) is 0 Å². The van der Waals surface area contributed by atoms with Crippen molar-refractivity contribution in [2.75, 3.05) is 5.32 Å². The molecule has 1 rings (SSSR count). The van der Waals surface area contributed by atoms with Crippen LogP contribution in [0, 0.1) is 27.2 Å². The Hall–Kier alpha value is -2.72. The van der Waals surface area contributed by atoms with E-state index >= 15 is 0 Å². The summed E-state index contributed by atoms with van der Waals surface area (Å²) in [7, 11) is 0. The van der Waals surface area contributed by atoms with Crippen LogP contribution in [0.2, 0.25) is 0 Å². The first kappa shape index (κ1) is 15.3. The van der Waals surface area contributed by atoms with Crippen LogP contribution in [-0.2, 0) is 4.79 Å². The summed E-state index contributed by atoms with van der Waals surface area (Å²) in [6.07, 6.45) is -5.21. The van der Waals surface area contributed by atoms with Crippen molar-refractivity contribution < 1.29 is 27.8 Å². The largest absolute Gasteiger partial charge is 0.471 e. The van der Waals surface area contributed by atoms with Crippen molar-refractivity contribution in [3.63, 3.8) is 0 Å². The second-order valence-corrected chi connectivity index (χ2v) is 3.61. The van der Waals surface area contributed by atoms with Crippen molar-refractivity contribution in [1.82, 2.24) is 0 Å². The Balaban J connectivity index is 3.32. The lowest BCUT2D eigenvalue weighted by Crippen LogP contribution is -2.30. The molecule has 1 amide bonds. The molecular weight excluding hydrogens is 287 g/mol. The number of amides is 1. The van der Waals surface area contributed by atoms with Crippen LogP contribution < -0.4 is 5.32 Å². The molecule has 0 aliphatic heterocycles. The van der Waals surface area contributed by atoms with E-state index in [2.05, 4.69) is 0 Å². The van der Waals surface area contributed by atoms with Gasteiger partial charge >= 0.3 is 12.1 Å². The fraction of sp³-hybridized carbons (Fsp3) is 0.222. The molecule has 1 N–H and O–H groups in total. The third-order valence-electron chi connectivity index (χ3n) is 2.26. The van der Waals surface area contributed by atoms with E-state index in [4.69, 9.17) is 0 Å². The van der Waals surface area contributed by atoms with Gasteiger partial charge in [-0.2, -0.15) is 13.2 Å². The number of benzene rings is 1. The maximum Gasteiger partial charge on any atom is 0.471 e. The second-order valence-electron chi connectivity index (χ2n) is 3.61. The average Bonchev–Trinajstić information content (AvgIpc) is 2.28. The number of halogens is 3. The number of hydrogen-bond acceptors (Lipinski definition) is 5. The van der Waals surface area contributed by atoms with Gasteiger partial charge in [0, 0.05) is 12.1 Å². The summed E-state index contributed by atoms with van der Waals surface area (Å²) in [6, 6.07) is 1.23. The number of nitrogens with one attached hydrogen (secondary N) is 1. The lowest BCUT2D eigenvalue weighted by molar-refractivity contribution is -0.395. The van der Waals surface area contributed by atoms with E-state index in [0.717, 1.165) is 6.92 Å². The molecule has 1 aromatic rings. The minimum Gasteiger partial charge on any atom is -0.318 e. The van der Waals surface area contributed by atoms with E-state index in [1.165, 1.54) is 5.32 Å². The number of nitro groups is 2. The molecule has 108 valence electrons. The topological polar surface area (TPSA) is 115 Å². The zero-order chi connectivity index (χ0) is 15.7. The third kappa shape index (κ3) is 3.18. The number of carbonyl (C=O) groups excluding carboxylic acids is 1. The van der Waals surface area contributed by atoms with Crippen molar-refractivity contribution >= 4 is 23.0 Å². The lowest BCUT2D eigenvalue weighted by atomic mass is 10.1. The van der Waals surface area contributed by atoms with Gasteiger partial charge < -0.3 is 5.32 Å². The van der Waals surface area contributed by atoms with Gasteiger partial charge in [0.15, 0.2) is 0 Å². The number of anilines is 1. The molecule has 8 nitrogen and oxygen atoms in total. The molecule has 0 fully saturated rings. The highest BCUT2D eigenvalue weighted by Gasteiger charge is 2.39. The smallest absolute Gasteiger partial charge is 0.318 e. The average molecular weight is 293 g/mol. The zero-order valence-electron chi connectivity index (χ0n) is 9.72. The number of alkyl halides is 3. The van der Waals surface area contributed by atoms with Crippen LogP contribution in [0.1, 0.15) is 5.56 Å². The first-order valence-electron chi connectivity index (χ1n) is 4.85. The van der Waals surface area contributed by atoms with Crippen molar-refractivity contribution in [3.05, 3.63) is 37.9 Å². The number of hydrogen-bond donors (Lipinski definition) is 1. The van der Waals surface area contributed by atoms with E-state index in [0.29, 0.717) is 12.1 Å². The van der Waals surface area contributed by atoms with Crippen molar-refractivity contribution in [2.45, 2.75) is 13.1 Å². The Morgan fingerprint density at radius 3 is 1.85 bits per heavy atom. The van der Waals surface area contributed by atoms with Gasteiger partial charge in [-0.3, -0.25) is 25.0 Å². The molecule has 0 radical (unpaired) electrons. The molecule has 1 aromatic carbocycles. The van der Waals surface area contributed by atoms with E-state index in [1.54, 1.807) is 0 Å². The first-order chi connectivity index (χ1) is 9.04. The highest BCUT2D eigenvalue weighted by molar-refractivity contribution is 5.95. The quantitative estimate of drug-likeness (QED) is 0.678. The van der Waals surface area contributed by atoms with Crippen molar-refractivity contribution in [3.8, 4) is 0 Å². The molecule has 20 heavy (non-hydrogen) atoms. The molecule has 11 heteroatoms. The maximum absolute atomic E-state index is 12.1. The van der Waals surface area contributed by atoms with E-state index < -0.39 is 39.0 Å². The number of rotatable bonds is 3. The van der Waals surface area contributed by atoms with Gasteiger partial charge in [-0.05, 0) is 6.92 Å². The third-order valence-corrected chi connectivity index (χ3v) is 2.26. The Kier molecular flexibility index (Phi) is 3.92. The van der Waals surface area contributed by atoms with Gasteiger partial charge in [0.1, 0.15) is 5.56 Å². The normalized spacial score (nSPS) is 11.0. The molecule has 0 unspecified atom stereocenters. The fourth-order valence-corrected chi connectivity index (χ4v) is 1.34. The van der Waals surface area contributed by atoms with Gasteiger partial charge in [-0.1, -0.05) is 0 Å². The van der Waals surface area contributed by atoms with Gasteiger partial charge in [-0.15, -0.1) is 0 Å². The Labute approximate surface area is 108 Å². The highest BCUT2D eigenvalue weighted by Crippen LogP contribution is 2.32. The number of carbonyl (C=O) groups is 1. The molecule has 0 saturated heterocycles. The minimum atomic E-state index is -5.21. The van der Waals surface area contributed by atoms with Crippen LogP contribution in [0.3, 0.4) is 0 Å². The SMILES string of the molecule is Cc1c([N+](=O)[O-])cc(NC(=O)C(F)(F)F)cc1[N+](=O)[O-]. The first-order valence-corrected chi connectivity index (χ1v) is 4.85. The van der Waals surface area contributed by atoms with Crippen molar-refractivity contribution in [1.29, 1.82) is 0 Å². The summed E-state index contributed by atoms with van der Waals surface area (Å²) in [4.78, 5) is 30.1. The predicted molar refractivity (Wildman–Crippen MR) is 59.2 cm³/mol. The van der Waals surface area contributed by atoms with E-state index in [-0.39, 0.29) is 5.56 Å². The molecule has 0 aliphatic carbocycles. The molecule has 0 aromatic heterocycles. The van der Waals surface area contributed by atoms with E-state index in [9.17, 15) is 38.2 Å². The molecule has 0 atom stereocenters. The summed E-state index contributed by atoms with van der Waals surface area (Å²) in [5.41, 5.74) is -2.55. The fourth-order valence-electron chi connectivity index (χ4n) is 1.34. The van der Waals surface area contributed by atoms with Gasteiger partial charge in [0.25, 0.3) is 11.4 Å². The second kappa shape index (κ2) is 5.11. The van der Waals surface area contributed by atoms with Gasteiger partial charge in [0.2, 0.25) is 0 Å². The molecule has 0 saturated carbocycles. The van der Waals surface area contributed by atoms with Gasteiger partial charge in [-0.25, -0.2) is 0 Å². The summed E-state index contributed by atoms with van der Waals surface area (Å²) < 4.78 is 36.2. The molecule has 0 aliphatic rings. The highest BCUT2D eigenvalue weighted by atomic mass is 19.4. The van der Waals surface area contributed by atoms with Crippen LogP contribution in [0.15, 0.2) is 12.1 Å². The summed E-state index contributed by atoms with van der Waals surface area (Å²) >= 11 is 0. The zero-order valence-corrected chi connectivity index (χ0v) is 9.72.